The van der Waals surface area contributed by atoms with E-state index in [4.69, 9.17) is 13.7 Å². The second kappa shape index (κ2) is 5.16. The lowest BCUT2D eigenvalue weighted by molar-refractivity contribution is 0.0193. The summed E-state index contributed by atoms with van der Waals surface area (Å²) >= 11 is 0. The van der Waals surface area contributed by atoms with E-state index in [1.807, 2.05) is 6.92 Å². The number of oxazole rings is 1. The Balaban J connectivity index is 1.61. The predicted octanol–water partition coefficient (Wildman–Crippen LogP) is 3.83. The van der Waals surface area contributed by atoms with Gasteiger partial charge < -0.3 is 13.7 Å². The van der Waals surface area contributed by atoms with Gasteiger partial charge in [-0.25, -0.2) is 4.98 Å². The van der Waals surface area contributed by atoms with Crippen molar-refractivity contribution in [1.29, 1.82) is 0 Å². The third-order valence-electron chi connectivity index (χ3n) is 4.65. The second-order valence-corrected chi connectivity index (χ2v) is 7.75. The van der Waals surface area contributed by atoms with Gasteiger partial charge in [0.05, 0.1) is 17.7 Å². The summed E-state index contributed by atoms with van der Waals surface area (Å²) in [7, 11) is 0. The van der Waals surface area contributed by atoms with E-state index in [9.17, 15) is 0 Å². The molecule has 2 aromatic heterocycles. The van der Waals surface area contributed by atoms with Crippen LogP contribution in [0.2, 0.25) is 0 Å². The molecule has 0 radical (unpaired) electrons. The first kappa shape index (κ1) is 14.9. The molecule has 1 aliphatic carbocycles. The van der Waals surface area contributed by atoms with Crippen molar-refractivity contribution >= 4 is 0 Å². The topological polar surface area (TPSA) is 74.2 Å². The van der Waals surface area contributed by atoms with Gasteiger partial charge >= 0.3 is 0 Å². The molecule has 124 valence electrons. The van der Waals surface area contributed by atoms with Gasteiger partial charge in [-0.2, -0.15) is 4.98 Å². The maximum atomic E-state index is 5.91. The lowest BCUT2D eigenvalue weighted by Gasteiger charge is -2.29. The number of aromatic nitrogens is 3. The molecule has 1 saturated carbocycles. The van der Waals surface area contributed by atoms with E-state index < -0.39 is 0 Å². The maximum Gasteiger partial charge on any atom is 0.295 e. The molecular weight excluding hydrogens is 294 g/mol. The molecule has 6 nitrogen and oxygen atoms in total. The Hall–Kier alpha value is -1.69. The lowest BCUT2D eigenvalue weighted by Crippen LogP contribution is -2.30. The van der Waals surface area contributed by atoms with Gasteiger partial charge in [0.1, 0.15) is 0 Å². The summed E-state index contributed by atoms with van der Waals surface area (Å²) in [6.07, 6.45) is 3.33. The first-order chi connectivity index (χ1) is 10.9. The highest BCUT2D eigenvalue weighted by Gasteiger charge is 2.41. The molecule has 3 heterocycles. The molecule has 2 aliphatic rings. The Labute approximate surface area is 135 Å². The van der Waals surface area contributed by atoms with E-state index in [0.29, 0.717) is 23.4 Å². The summed E-state index contributed by atoms with van der Waals surface area (Å²) < 4.78 is 17.2. The van der Waals surface area contributed by atoms with Crippen molar-refractivity contribution in [2.24, 2.45) is 5.41 Å². The molecule has 1 aliphatic heterocycles. The highest BCUT2D eigenvalue weighted by atomic mass is 16.5. The lowest BCUT2D eigenvalue weighted by atomic mass is 9.81. The van der Waals surface area contributed by atoms with Gasteiger partial charge in [0.25, 0.3) is 5.89 Å². The molecule has 1 saturated heterocycles. The highest BCUT2D eigenvalue weighted by Crippen LogP contribution is 2.42. The fraction of sp³-hybridized carbons (Fsp3) is 0.706. The first-order valence-electron chi connectivity index (χ1n) is 8.36. The fourth-order valence-corrected chi connectivity index (χ4v) is 3.31. The van der Waals surface area contributed by atoms with Crippen LogP contribution in [0.15, 0.2) is 8.94 Å². The number of nitrogens with zero attached hydrogens (tertiary/aromatic N) is 3. The number of hydrogen-bond donors (Lipinski definition) is 0. The van der Waals surface area contributed by atoms with Crippen molar-refractivity contribution in [2.75, 3.05) is 6.61 Å². The zero-order valence-corrected chi connectivity index (χ0v) is 14.1. The van der Waals surface area contributed by atoms with Crippen LogP contribution in [0.1, 0.15) is 69.3 Å². The molecule has 6 heteroatoms. The molecule has 0 aromatic carbocycles. The second-order valence-electron chi connectivity index (χ2n) is 7.75. The third kappa shape index (κ3) is 2.69. The first-order valence-corrected chi connectivity index (χ1v) is 8.36. The van der Waals surface area contributed by atoms with Crippen LogP contribution in [0.4, 0.5) is 0 Å². The van der Waals surface area contributed by atoms with Crippen LogP contribution in [0.5, 0.6) is 0 Å². The van der Waals surface area contributed by atoms with E-state index >= 15 is 0 Å². The van der Waals surface area contributed by atoms with Crippen LogP contribution < -0.4 is 0 Å². The molecule has 2 aromatic rings. The minimum Gasteiger partial charge on any atom is -0.435 e. The van der Waals surface area contributed by atoms with Crippen LogP contribution >= 0.6 is 0 Å². The summed E-state index contributed by atoms with van der Waals surface area (Å²) in [6.45, 7) is 9.20. The fourth-order valence-electron chi connectivity index (χ4n) is 3.31. The van der Waals surface area contributed by atoms with Crippen LogP contribution in [-0.4, -0.2) is 27.8 Å². The molecule has 2 atom stereocenters. The van der Waals surface area contributed by atoms with Crippen LogP contribution in [0.3, 0.4) is 0 Å². The summed E-state index contributed by atoms with van der Waals surface area (Å²) in [4.78, 5) is 9.08. The van der Waals surface area contributed by atoms with Gasteiger partial charge in [-0.05, 0) is 31.6 Å². The number of hydrogen-bond acceptors (Lipinski definition) is 6. The van der Waals surface area contributed by atoms with Crippen LogP contribution in [-0.2, 0) is 4.74 Å². The number of aryl methyl sites for hydroxylation is 1. The monoisotopic (exact) mass is 317 g/mol. The normalized spacial score (nSPS) is 25.2. The van der Waals surface area contributed by atoms with E-state index in [1.165, 1.54) is 0 Å². The summed E-state index contributed by atoms with van der Waals surface area (Å²) in [6, 6.07) is 0. The van der Waals surface area contributed by atoms with E-state index in [1.54, 1.807) is 0 Å². The molecule has 23 heavy (non-hydrogen) atoms. The molecule has 0 unspecified atom stereocenters. The minimum absolute atomic E-state index is 0.0449. The average Bonchev–Trinajstić information content (AvgIpc) is 2.91. The molecule has 0 N–H and O–H groups in total. The Morgan fingerprint density at radius 1 is 1.09 bits per heavy atom. The number of rotatable bonds is 3. The summed E-state index contributed by atoms with van der Waals surface area (Å²) in [5.41, 5.74) is 0.862. The Morgan fingerprint density at radius 2 is 1.87 bits per heavy atom. The van der Waals surface area contributed by atoms with Crippen molar-refractivity contribution < 1.29 is 13.7 Å². The third-order valence-corrected chi connectivity index (χ3v) is 4.65. The van der Waals surface area contributed by atoms with Crippen molar-refractivity contribution in [3.05, 3.63) is 17.4 Å². The average molecular weight is 317 g/mol. The Kier molecular flexibility index (Phi) is 3.34. The van der Waals surface area contributed by atoms with Gasteiger partial charge in [0.2, 0.25) is 5.76 Å². The van der Waals surface area contributed by atoms with Crippen molar-refractivity contribution in [3.8, 4) is 11.7 Å². The number of ether oxygens (including phenoxy) is 1. The van der Waals surface area contributed by atoms with E-state index in [2.05, 4.69) is 35.9 Å². The van der Waals surface area contributed by atoms with Gasteiger partial charge in [-0.15, -0.1) is 0 Å². The molecular formula is C17H23N3O3. The van der Waals surface area contributed by atoms with E-state index in [-0.39, 0.29) is 17.4 Å². The molecule has 0 bridgehead atoms. The quantitative estimate of drug-likeness (QED) is 0.856. The van der Waals surface area contributed by atoms with Crippen molar-refractivity contribution in [3.63, 3.8) is 0 Å². The molecule has 0 amide bonds. The van der Waals surface area contributed by atoms with Gasteiger partial charge in [0.15, 0.2) is 11.7 Å². The van der Waals surface area contributed by atoms with Crippen LogP contribution in [0, 0.1) is 12.3 Å². The molecule has 2 fully saturated rings. The summed E-state index contributed by atoms with van der Waals surface area (Å²) in [5, 5.41) is 4.20. The van der Waals surface area contributed by atoms with Gasteiger partial charge in [-0.3, -0.25) is 0 Å². The smallest absolute Gasteiger partial charge is 0.295 e. The van der Waals surface area contributed by atoms with Gasteiger partial charge in [-0.1, -0.05) is 25.9 Å². The maximum absolute atomic E-state index is 5.91. The van der Waals surface area contributed by atoms with Gasteiger partial charge in [0, 0.05) is 12.5 Å². The minimum atomic E-state index is 0.0449. The summed E-state index contributed by atoms with van der Waals surface area (Å²) in [5.74, 6) is 3.18. The molecule has 0 spiro atoms. The van der Waals surface area contributed by atoms with Crippen molar-refractivity contribution in [1.82, 2.24) is 15.1 Å². The standard InChI is InChI=1S/C17H23N3O3/c1-9-12(22-15(18-9)10-5-6-10)16-19-14(20-23-16)11-7-8-21-13(11)17(2,3)4/h10-11,13H,5-8H2,1-4H3/t11-,13-/m1/s1. The van der Waals surface area contributed by atoms with Crippen LogP contribution in [0.25, 0.3) is 11.7 Å². The van der Waals surface area contributed by atoms with E-state index in [0.717, 1.165) is 37.5 Å². The SMILES string of the molecule is Cc1nc(C2CC2)oc1-c1nc([C@@H]2CCO[C@H]2C(C)(C)C)no1. The van der Waals surface area contributed by atoms with Crippen molar-refractivity contribution in [2.45, 2.75) is 64.9 Å². The Bertz CT molecular complexity index is 709. The zero-order valence-electron chi connectivity index (χ0n) is 14.1. The predicted molar refractivity (Wildman–Crippen MR) is 83.1 cm³/mol. The molecule has 4 rings (SSSR count). The Morgan fingerprint density at radius 3 is 2.57 bits per heavy atom. The largest absolute Gasteiger partial charge is 0.435 e. The zero-order chi connectivity index (χ0) is 16.2. The highest BCUT2D eigenvalue weighted by molar-refractivity contribution is 5.47.